The van der Waals surface area contributed by atoms with Gasteiger partial charge >= 0.3 is 12.3 Å². The van der Waals surface area contributed by atoms with E-state index in [-0.39, 0.29) is 29.7 Å². The minimum Gasteiger partial charge on any atom is -0.406 e. The van der Waals surface area contributed by atoms with E-state index in [1.807, 2.05) is 24.3 Å². The lowest BCUT2D eigenvalue weighted by Gasteiger charge is -2.25. The molecule has 0 radical (unpaired) electrons. The molecule has 2 N–H and O–H groups in total. The standard InChI is InChI=1S/C25H22F5N9O2/c26-24(27,28)25(29,30)41-22-18(11-39(36-22)13-21(40)38-6-5-19-20(12-38)35-37-34-19)16-9-31-23(32-10-16)33-17-7-14-3-1-2-4-15(14)8-17/h1-4,9-11,17H,5-8,12-13H2,(H,31,32,33)(H,34,35,37). The lowest BCUT2D eigenvalue weighted by atomic mass is 10.1. The fraction of sp³-hybridized carbons (Fsp3) is 0.360. The number of aromatic nitrogens is 7. The van der Waals surface area contributed by atoms with Crippen molar-refractivity contribution in [2.24, 2.45) is 0 Å². The number of fused-ring (bicyclic) bond motifs is 2. The summed E-state index contributed by atoms with van der Waals surface area (Å²) in [5, 5.41) is 17.3. The highest BCUT2D eigenvalue weighted by Gasteiger charge is 2.61. The van der Waals surface area contributed by atoms with E-state index < -0.39 is 30.6 Å². The number of aromatic amines is 1. The summed E-state index contributed by atoms with van der Waals surface area (Å²) >= 11 is 0. The Labute approximate surface area is 228 Å². The Bertz CT molecular complexity index is 1540. The molecule has 0 spiro atoms. The molecule has 0 saturated carbocycles. The molecule has 1 amide bonds. The van der Waals surface area contributed by atoms with E-state index in [4.69, 9.17) is 0 Å². The Kier molecular flexibility index (Phi) is 6.54. The number of halogens is 5. The number of hydrogen-bond acceptors (Lipinski definition) is 8. The Morgan fingerprint density at radius 2 is 1.80 bits per heavy atom. The molecule has 1 aliphatic heterocycles. The van der Waals surface area contributed by atoms with Crippen LogP contribution in [0, 0.1) is 0 Å². The molecule has 16 heteroatoms. The van der Waals surface area contributed by atoms with Gasteiger partial charge in [-0.05, 0) is 24.0 Å². The van der Waals surface area contributed by atoms with E-state index in [9.17, 15) is 26.7 Å². The second-order valence-corrected chi connectivity index (χ2v) is 9.78. The lowest BCUT2D eigenvalue weighted by Crippen LogP contribution is -2.42. The lowest BCUT2D eigenvalue weighted by molar-refractivity contribution is -0.361. The van der Waals surface area contributed by atoms with Crippen molar-refractivity contribution in [3.63, 3.8) is 0 Å². The molecule has 3 aromatic heterocycles. The van der Waals surface area contributed by atoms with Gasteiger partial charge in [0.05, 0.1) is 17.8 Å². The Hall–Kier alpha value is -4.63. The van der Waals surface area contributed by atoms with E-state index in [0.29, 0.717) is 18.7 Å². The van der Waals surface area contributed by atoms with Crippen LogP contribution in [0.2, 0.25) is 0 Å². The van der Waals surface area contributed by atoms with Gasteiger partial charge in [0.15, 0.2) is 0 Å². The summed E-state index contributed by atoms with van der Waals surface area (Å²) in [5.41, 5.74) is 3.65. The molecule has 41 heavy (non-hydrogen) atoms. The molecule has 0 unspecified atom stereocenters. The van der Waals surface area contributed by atoms with E-state index in [1.165, 1.54) is 28.4 Å². The number of nitrogens with one attached hydrogen (secondary N) is 2. The topological polar surface area (TPSA) is 127 Å². The first-order valence-corrected chi connectivity index (χ1v) is 12.6. The first kappa shape index (κ1) is 26.6. The predicted molar refractivity (Wildman–Crippen MR) is 132 cm³/mol. The number of anilines is 1. The normalized spacial score (nSPS) is 15.5. The third-order valence-electron chi connectivity index (χ3n) is 6.96. The van der Waals surface area contributed by atoms with Gasteiger partial charge in [-0.1, -0.05) is 29.5 Å². The second kappa shape index (κ2) is 10.1. The molecule has 214 valence electrons. The molecule has 0 saturated heterocycles. The summed E-state index contributed by atoms with van der Waals surface area (Å²) in [6.07, 6.45) is -5.84. The van der Waals surface area contributed by atoms with Gasteiger partial charge in [-0.3, -0.25) is 14.6 Å². The van der Waals surface area contributed by atoms with E-state index in [1.54, 1.807) is 0 Å². The largest absolute Gasteiger partial charge is 0.500 e. The molecule has 1 aliphatic carbocycles. The van der Waals surface area contributed by atoms with Crippen LogP contribution in [0.25, 0.3) is 11.1 Å². The van der Waals surface area contributed by atoms with Crippen LogP contribution >= 0.6 is 0 Å². The molecule has 11 nitrogen and oxygen atoms in total. The first-order valence-electron chi connectivity index (χ1n) is 12.6. The third kappa shape index (κ3) is 5.40. The predicted octanol–water partition coefficient (Wildman–Crippen LogP) is 3.16. The van der Waals surface area contributed by atoms with Crippen molar-refractivity contribution in [1.29, 1.82) is 0 Å². The minimum absolute atomic E-state index is 0.0412. The minimum atomic E-state index is -5.99. The van der Waals surface area contributed by atoms with Crippen LogP contribution in [-0.2, 0) is 37.1 Å². The zero-order chi connectivity index (χ0) is 28.8. The highest BCUT2D eigenvalue weighted by atomic mass is 19.4. The van der Waals surface area contributed by atoms with Crippen molar-refractivity contribution < 1.29 is 31.5 Å². The number of benzene rings is 1. The molecule has 0 atom stereocenters. The Balaban J connectivity index is 1.21. The van der Waals surface area contributed by atoms with E-state index in [2.05, 4.69) is 40.5 Å². The van der Waals surface area contributed by atoms with Gasteiger partial charge in [-0.25, -0.2) is 9.97 Å². The van der Waals surface area contributed by atoms with E-state index in [0.717, 1.165) is 29.4 Å². The first-order chi connectivity index (χ1) is 19.6. The number of hydrogen-bond donors (Lipinski definition) is 2. The second-order valence-electron chi connectivity index (χ2n) is 9.78. The van der Waals surface area contributed by atoms with E-state index >= 15 is 0 Å². The Morgan fingerprint density at radius 3 is 2.49 bits per heavy atom. The van der Waals surface area contributed by atoms with Crippen LogP contribution in [0.1, 0.15) is 22.5 Å². The van der Waals surface area contributed by atoms with Crippen molar-refractivity contribution in [2.45, 2.75) is 50.7 Å². The molecule has 4 heterocycles. The van der Waals surface area contributed by atoms with Crippen LogP contribution in [0.5, 0.6) is 5.88 Å². The fourth-order valence-electron chi connectivity index (χ4n) is 4.88. The summed E-state index contributed by atoms with van der Waals surface area (Å²) < 4.78 is 71.5. The number of H-pyrrole nitrogens is 1. The van der Waals surface area contributed by atoms with Crippen LogP contribution in [-0.4, -0.2) is 70.8 Å². The molecular weight excluding hydrogens is 553 g/mol. The summed E-state index contributed by atoms with van der Waals surface area (Å²) in [6, 6.07) is 8.04. The zero-order valence-corrected chi connectivity index (χ0v) is 21.2. The molecule has 0 fully saturated rings. The van der Waals surface area contributed by atoms with Gasteiger partial charge in [0.25, 0.3) is 0 Å². The van der Waals surface area contributed by atoms with Crippen LogP contribution < -0.4 is 10.1 Å². The monoisotopic (exact) mass is 575 g/mol. The molecule has 2 aliphatic rings. The highest BCUT2D eigenvalue weighted by molar-refractivity contribution is 5.76. The molecule has 6 rings (SSSR count). The van der Waals surface area contributed by atoms with Gasteiger partial charge < -0.3 is 15.0 Å². The van der Waals surface area contributed by atoms with Crippen molar-refractivity contribution in [1.82, 2.24) is 40.1 Å². The number of alkyl halides is 5. The number of amides is 1. The maximum atomic E-state index is 13.9. The Morgan fingerprint density at radius 1 is 1.10 bits per heavy atom. The van der Waals surface area contributed by atoms with Gasteiger partial charge in [0.1, 0.15) is 12.2 Å². The smallest absolute Gasteiger partial charge is 0.406 e. The summed E-state index contributed by atoms with van der Waals surface area (Å²) in [7, 11) is 0. The molecule has 1 aromatic carbocycles. The summed E-state index contributed by atoms with van der Waals surface area (Å²) in [4.78, 5) is 22.8. The average molecular weight is 576 g/mol. The van der Waals surface area contributed by atoms with Gasteiger partial charge in [-0.2, -0.15) is 22.0 Å². The average Bonchev–Trinajstić information content (AvgIpc) is 3.66. The van der Waals surface area contributed by atoms with Crippen molar-refractivity contribution >= 4 is 11.9 Å². The van der Waals surface area contributed by atoms with Gasteiger partial charge in [0.2, 0.25) is 17.7 Å². The molecule has 0 bridgehead atoms. The van der Waals surface area contributed by atoms with Crippen molar-refractivity contribution in [2.75, 3.05) is 11.9 Å². The SMILES string of the molecule is O=C(Cn1cc(-c2cnc(NC3Cc4ccccc4C3)nc2)c(OC(F)(F)C(F)(F)F)n1)N1CCc2[nH]nnc2C1. The van der Waals surface area contributed by atoms with Crippen LogP contribution in [0.4, 0.5) is 27.9 Å². The third-order valence-corrected chi connectivity index (χ3v) is 6.96. The van der Waals surface area contributed by atoms with Gasteiger partial charge in [0, 0.05) is 43.2 Å². The zero-order valence-electron chi connectivity index (χ0n) is 21.2. The quantitative estimate of drug-likeness (QED) is 0.322. The van der Waals surface area contributed by atoms with Crippen LogP contribution in [0.3, 0.4) is 0 Å². The number of ether oxygens (including phenoxy) is 1. The number of rotatable bonds is 7. The number of carbonyl (C=O) groups is 1. The summed E-state index contributed by atoms with van der Waals surface area (Å²) in [5.74, 6) is -1.21. The summed E-state index contributed by atoms with van der Waals surface area (Å²) in [6.45, 7) is 0.0697. The van der Waals surface area contributed by atoms with Gasteiger partial charge in [-0.15, -0.1) is 10.2 Å². The molecule has 4 aromatic rings. The number of carbonyl (C=O) groups excluding carboxylic acids is 1. The highest BCUT2D eigenvalue weighted by Crippen LogP contribution is 2.40. The maximum Gasteiger partial charge on any atom is 0.500 e. The van der Waals surface area contributed by atoms with Crippen molar-refractivity contribution in [3.05, 3.63) is 65.4 Å². The van der Waals surface area contributed by atoms with Crippen LogP contribution in [0.15, 0.2) is 42.9 Å². The van der Waals surface area contributed by atoms with Crippen molar-refractivity contribution in [3.8, 4) is 17.0 Å². The number of nitrogens with zero attached hydrogens (tertiary/aromatic N) is 7. The maximum absolute atomic E-state index is 13.9. The molecular formula is C25H22F5N9O2. The fourth-order valence-corrected chi connectivity index (χ4v) is 4.88.